The number of alkyl halides is 3. The minimum absolute atomic E-state index is 0.114. The average molecular weight is 465 g/mol. The molecule has 154 valence electrons. The van der Waals surface area contributed by atoms with Gasteiger partial charge in [0.15, 0.2) is 11.5 Å². The minimum Gasteiger partial charge on any atom is -0.369 e. The van der Waals surface area contributed by atoms with Crippen LogP contribution in [0.15, 0.2) is 24.4 Å². The van der Waals surface area contributed by atoms with Crippen LogP contribution in [0, 0.1) is 0 Å². The number of nitrogens with zero attached hydrogens (tertiary/aromatic N) is 5. The van der Waals surface area contributed by atoms with Gasteiger partial charge in [0.2, 0.25) is 0 Å². The molecule has 4 rings (SSSR count). The topological polar surface area (TPSA) is 46.3 Å². The molecule has 0 N–H and O–H groups in total. The summed E-state index contributed by atoms with van der Waals surface area (Å²) in [6, 6.07) is 5.62. The molecule has 2 aromatic heterocycles. The molecule has 1 fully saturated rings. The fraction of sp³-hybridized carbons (Fsp3) is 0.389. The molecule has 11 heteroatoms. The van der Waals surface area contributed by atoms with Crippen LogP contribution in [-0.2, 0) is 6.42 Å². The summed E-state index contributed by atoms with van der Waals surface area (Å²) in [4.78, 5) is 2.04. The van der Waals surface area contributed by atoms with E-state index in [0.717, 1.165) is 22.9 Å². The SMILES string of the molecule is FC(F)(F)Cc1nnc2c(Cl)c(N3CCC(c4cccc(Cl)c4Cl)CC3)cnn12. The predicted octanol–water partition coefficient (Wildman–Crippen LogP) is 5.57. The second-order valence-corrected chi connectivity index (χ2v) is 8.05. The van der Waals surface area contributed by atoms with E-state index in [0.29, 0.717) is 28.8 Å². The van der Waals surface area contributed by atoms with Crippen molar-refractivity contribution in [2.75, 3.05) is 18.0 Å². The van der Waals surface area contributed by atoms with Gasteiger partial charge in [-0.1, -0.05) is 46.9 Å². The lowest BCUT2D eigenvalue weighted by Crippen LogP contribution is -2.33. The van der Waals surface area contributed by atoms with Crippen molar-refractivity contribution < 1.29 is 13.2 Å². The maximum absolute atomic E-state index is 12.7. The molecule has 3 aromatic rings. The Labute approximate surface area is 179 Å². The molecule has 3 heterocycles. The molecule has 1 aromatic carbocycles. The molecule has 0 aliphatic carbocycles. The molecular formula is C18H15Cl3F3N5. The third kappa shape index (κ3) is 4.11. The van der Waals surface area contributed by atoms with E-state index in [1.54, 1.807) is 6.07 Å². The summed E-state index contributed by atoms with van der Waals surface area (Å²) in [5, 5.41) is 12.8. The number of halogens is 6. The van der Waals surface area contributed by atoms with Gasteiger partial charge >= 0.3 is 6.18 Å². The summed E-state index contributed by atoms with van der Waals surface area (Å²) < 4.78 is 39.1. The lowest BCUT2D eigenvalue weighted by Gasteiger charge is -2.34. The maximum atomic E-state index is 12.7. The highest BCUT2D eigenvalue weighted by Crippen LogP contribution is 2.38. The van der Waals surface area contributed by atoms with Crippen LogP contribution in [0.3, 0.4) is 0 Å². The van der Waals surface area contributed by atoms with Crippen molar-refractivity contribution in [2.45, 2.75) is 31.4 Å². The zero-order valence-electron chi connectivity index (χ0n) is 14.9. The van der Waals surface area contributed by atoms with Crippen LogP contribution in [0.5, 0.6) is 0 Å². The van der Waals surface area contributed by atoms with Crippen molar-refractivity contribution in [3.8, 4) is 0 Å². The van der Waals surface area contributed by atoms with Gasteiger partial charge in [-0.05, 0) is 30.4 Å². The molecule has 0 unspecified atom stereocenters. The summed E-state index contributed by atoms with van der Waals surface area (Å²) in [6.07, 6.45) is -2.51. The molecule has 1 aliphatic rings. The lowest BCUT2D eigenvalue weighted by atomic mass is 9.89. The molecule has 1 saturated heterocycles. The fourth-order valence-corrected chi connectivity index (χ4v) is 4.38. The Morgan fingerprint density at radius 2 is 1.76 bits per heavy atom. The number of benzene rings is 1. The first-order valence-corrected chi connectivity index (χ1v) is 10.0. The third-order valence-electron chi connectivity index (χ3n) is 5.04. The molecule has 0 saturated carbocycles. The number of anilines is 1. The van der Waals surface area contributed by atoms with Crippen molar-refractivity contribution >= 4 is 46.1 Å². The van der Waals surface area contributed by atoms with E-state index in [1.165, 1.54) is 6.20 Å². The zero-order valence-corrected chi connectivity index (χ0v) is 17.2. The number of hydrogen-bond donors (Lipinski definition) is 0. The molecule has 0 radical (unpaired) electrons. The summed E-state index contributed by atoms with van der Waals surface area (Å²) in [6.45, 7) is 1.38. The zero-order chi connectivity index (χ0) is 20.8. The molecule has 0 amide bonds. The Hall–Kier alpha value is -1.77. The summed E-state index contributed by atoms with van der Waals surface area (Å²) in [5.41, 5.74) is 1.76. The fourth-order valence-electron chi connectivity index (χ4n) is 3.63. The summed E-state index contributed by atoms with van der Waals surface area (Å²) in [7, 11) is 0. The van der Waals surface area contributed by atoms with Crippen molar-refractivity contribution in [2.24, 2.45) is 0 Å². The number of fused-ring (bicyclic) bond motifs is 1. The van der Waals surface area contributed by atoms with Gasteiger partial charge in [0.1, 0.15) is 11.4 Å². The van der Waals surface area contributed by atoms with Crippen LogP contribution in [0.25, 0.3) is 5.65 Å². The van der Waals surface area contributed by atoms with E-state index in [9.17, 15) is 13.2 Å². The second kappa shape index (κ2) is 7.81. The first kappa shape index (κ1) is 20.5. The summed E-state index contributed by atoms with van der Waals surface area (Å²) >= 11 is 18.9. The van der Waals surface area contributed by atoms with Crippen molar-refractivity contribution in [1.82, 2.24) is 19.8 Å². The van der Waals surface area contributed by atoms with Crippen molar-refractivity contribution in [3.63, 3.8) is 0 Å². The van der Waals surface area contributed by atoms with Crippen LogP contribution in [-0.4, -0.2) is 39.1 Å². The quantitative estimate of drug-likeness (QED) is 0.508. The van der Waals surface area contributed by atoms with Gasteiger partial charge in [-0.2, -0.15) is 22.8 Å². The van der Waals surface area contributed by atoms with Crippen LogP contribution in [0.1, 0.15) is 30.1 Å². The highest BCUT2D eigenvalue weighted by molar-refractivity contribution is 6.42. The molecule has 5 nitrogen and oxygen atoms in total. The van der Waals surface area contributed by atoms with E-state index in [2.05, 4.69) is 15.3 Å². The highest BCUT2D eigenvalue weighted by atomic mass is 35.5. The van der Waals surface area contributed by atoms with E-state index in [1.807, 2.05) is 17.0 Å². The number of rotatable bonds is 3. The van der Waals surface area contributed by atoms with Crippen LogP contribution >= 0.6 is 34.8 Å². The largest absolute Gasteiger partial charge is 0.396 e. The van der Waals surface area contributed by atoms with Crippen LogP contribution < -0.4 is 4.90 Å². The van der Waals surface area contributed by atoms with Gasteiger partial charge in [-0.25, -0.2) is 0 Å². The third-order valence-corrected chi connectivity index (χ3v) is 6.23. The van der Waals surface area contributed by atoms with Crippen LogP contribution in [0.2, 0.25) is 15.1 Å². The van der Waals surface area contributed by atoms with E-state index < -0.39 is 12.6 Å². The van der Waals surface area contributed by atoms with E-state index in [4.69, 9.17) is 34.8 Å². The normalized spacial score (nSPS) is 16.0. The van der Waals surface area contributed by atoms with Crippen LogP contribution in [0.4, 0.5) is 18.9 Å². The van der Waals surface area contributed by atoms with Gasteiger partial charge in [0, 0.05) is 13.1 Å². The number of aromatic nitrogens is 4. The second-order valence-electron chi connectivity index (χ2n) is 6.89. The Bertz CT molecular complexity index is 1050. The molecule has 29 heavy (non-hydrogen) atoms. The first-order chi connectivity index (χ1) is 13.7. The Morgan fingerprint density at radius 3 is 2.45 bits per heavy atom. The van der Waals surface area contributed by atoms with Gasteiger partial charge in [-0.15, -0.1) is 10.2 Å². The van der Waals surface area contributed by atoms with Crippen molar-refractivity contribution in [3.05, 3.63) is 50.9 Å². The monoisotopic (exact) mass is 463 g/mol. The molecule has 0 atom stereocenters. The number of hydrogen-bond acceptors (Lipinski definition) is 4. The van der Waals surface area contributed by atoms with Gasteiger partial charge in [0.05, 0.1) is 21.9 Å². The molecule has 0 bridgehead atoms. The smallest absolute Gasteiger partial charge is 0.369 e. The minimum atomic E-state index is -4.40. The predicted molar refractivity (Wildman–Crippen MR) is 106 cm³/mol. The standard InChI is InChI=1S/C18H15Cl3F3N5/c19-12-3-1-2-11(15(12)20)10-4-6-28(7-5-10)13-9-25-29-14(8-18(22,23)24)26-27-17(29)16(13)21/h1-3,9-10H,4-8H2. The van der Waals surface area contributed by atoms with E-state index >= 15 is 0 Å². The Morgan fingerprint density at radius 1 is 1.03 bits per heavy atom. The van der Waals surface area contributed by atoms with Gasteiger partial charge < -0.3 is 4.90 Å². The molecule has 0 spiro atoms. The molecular weight excluding hydrogens is 450 g/mol. The maximum Gasteiger partial charge on any atom is 0.396 e. The van der Waals surface area contributed by atoms with Gasteiger partial charge in [0.25, 0.3) is 0 Å². The average Bonchev–Trinajstić information content (AvgIpc) is 3.07. The van der Waals surface area contributed by atoms with Crippen molar-refractivity contribution in [1.29, 1.82) is 0 Å². The Kier molecular flexibility index (Phi) is 5.52. The number of piperidine rings is 1. The summed E-state index contributed by atoms with van der Waals surface area (Å²) in [5.74, 6) is -0.0327. The Balaban J connectivity index is 1.54. The van der Waals surface area contributed by atoms with Gasteiger partial charge in [-0.3, -0.25) is 0 Å². The van der Waals surface area contributed by atoms with E-state index in [-0.39, 0.29) is 22.4 Å². The highest BCUT2D eigenvalue weighted by Gasteiger charge is 2.32. The molecule has 1 aliphatic heterocycles. The lowest BCUT2D eigenvalue weighted by molar-refractivity contribution is -0.128. The first-order valence-electron chi connectivity index (χ1n) is 8.89.